The molecular formula is C20H23ClFN3O2. The van der Waals surface area contributed by atoms with Crippen LogP contribution in [0.4, 0.5) is 15.8 Å². The second-order valence-electron chi connectivity index (χ2n) is 6.35. The summed E-state index contributed by atoms with van der Waals surface area (Å²) in [5.41, 5.74) is 1.56. The molecule has 0 aromatic heterocycles. The van der Waals surface area contributed by atoms with Crippen LogP contribution in [0, 0.1) is 5.82 Å². The van der Waals surface area contributed by atoms with Gasteiger partial charge in [0.1, 0.15) is 0 Å². The summed E-state index contributed by atoms with van der Waals surface area (Å²) >= 11 is 6.12. The van der Waals surface area contributed by atoms with Gasteiger partial charge in [-0.05, 0) is 36.9 Å². The molecule has 5 nitrogen and oxygen atoms in total. The molecule has 0 radical (unpaired) electrons. The first-order chi connectivity index (χ1) is 13.1. The van der Waals surface area contributed by atoms with Crippen molar-refractivity contribution < 1.29 is 13.9 Å². The fourth-order valence-corrected chi connectivity index (χ4v) is 3.25. The minimum Gasteiger partial charge on any atom is -0.481 e. The van der Waals surface area contributed by atoms with E-state index in [2.05, 4.69) is 22.0 Å². The number of ether oxygens (including phenoxy) is 1. The molecule has 1 aliphatic rings. The van der Waals surface area contributed by atoms with Gasteiger partial charge in [0, 0.05) is 31.2 Å². The molecule has 144 valence electrons. The number of carbonyl (C=O) groups excluding carboxylic acids is 1. The van der Waals surface area contributed by atoms with Crippen LogP contribution < -0.4 is 15.0 Å². The smallest absolute Gasteiger partial charge is 0.262 e. The number of piperazine rings is 1. The maximum absolute atomic E-state index is 13.6. The Hall–Kier alpha value is -2.31. The van der Waals surface area contributed by atoms with Crippen LogP contribution in [0.5, 0.6) is 5.75 Å². The molecule has 0 unspecified atom stereocenters. The molecule has 7 heteroatoms. The van der Waals surface area contributed by atoms with Crippen LogP contribution in [-0.2, 0) is 4.79 Å². The van der Waals surface area contributed by atoms with E-state index in [9.17, 15) is 9.18 Å². The Labute approximate surface area is 163 Å². The summed E-state index contributed by atoms with van der Waals surface area (Å²) in [6, 6.07) is 11.5. The molecule has 3 rings (SSSR count). The van der Waals surface area contributed by atoms with Crippen molar-refractivity contribution in [3.63, 3.8) is 0 Å². The van der Waals surface area contributed by atoms with Gasteiger partial charge in [0.25, 0.3) is 5.91 Å². The van der Waals surface area contributed by atoms with Crippen LogP contribution in [-0.4, -0.2) is 50.1 Å². The zero-order valence-corrected chi connectivity index (χ0v) is 16.0. The average molecular weight is 392 g/mol. The standard InChI is InChI=1S/C20H23ClFN3O2/c1-2-24-9-11-25(12-10-24)18-8-7-15(21)13-17(18)23-20(26)14-27-19-6-4-3-5-16(19)22/h3-8,13H,2,9-12,14H2,1H3,(H,23,26). The second kappa shape index (κ2) is 9.06. The summed E-state index contributed by atoms with van der Waals surface area (Å²) in [5, 5.41) is 3.38. The highest BCUT2D eigenvalue weighted by atomic mass is 35.5. The third-order valence-corrected chi connectivity index (χ3v) is 4.82. The molecule has 2 aromatic rings. The topological polar surface area (TPSA) is 44.8 Å². The minimum atomic E-state index is -0.498. The number of hydrogen-bond acceptors (Lipinski definition) is 4. The van der Waals surface area contributed by atoms with Crippen molar-refractivity contribution in [2.24, 2.45) is 0 Å². The number of likely N-dealkylation sites (N-methyl/N-ethyl adjacent to an activating group) is 1. The van der Waals surface area contributed by atoms with Gasteiger partial charge in [0.15, 0.2) is 18.2 Å². The van der Waals surface area contributed by atoms with Gasteiger partial charge in [-0.3, -0.25) is 4.79 Å². The molecule has 0 aliphatic carbocycles. The number of carbonyl (C=O) groups is 1. The van der Waals surface area contributed by atoms with Gasteiger partial charge in [-0.15, -0.1) is 0 Å². The lowest BCUT2D eigenvalue weighted by atomic mass is 10.2. The summed E-state index contributed by atoms with van der Waals surface area (Å²) in [6.07, 6.45) is 0. The lowest BCUT2D eigenvalue weighted by Crippen LogP contribution is -2.46. The summed E-state index contributed by atoms with van der Waals surface area (Å²) in [5.74, 6) is -0.814. The zero-order chi connectivity index (χ0) is 19.2. The van der Waals surface area contributed by atoms with Gasteiger partial charge in [-0.1, -0.05) is 30.7 Å². The fourth-order valence-electron chi connectivity index (χ4n) is 3.08. The summed E-state index contributed by atoms with van der Waals surface area (Å²) in [6.45, 7) is 6.61. The molecule has 1 aliphatic heterocycles. The van der Waals surface area contributed by atoms with E-state index in [1.807, 2.05) is 12.1 Å². The van der Waals surface area contributed by atoms with Crippen molar-refractivity contribution in [2.75, 3.05) is 49.5 Å². The van der Waals surface area contributed by atoms with E-state index in [1.54, 1.807) is 18.2 Å². The van der Waals surface area contributed by atoms with E-state index in [0.29, 0.717) is 10.7 Å². The van der Waals surface area contributed by atoms with Crippen molar-refractivity contribution in [1.29, 1.82) is 0 Å². The predicted octanol–water partition coefficient (Wildman–Crippen LogP) is 3.64. The van der Waals surface area contributed by atoms with E-state index in [0.717, 1.165) is 38.4 Å². The molecule has 1 saturated heterocycles. The number of amides is 1. The molecule has 0 saturated carbocycles. The molecule has 0 spiro atoms. The highest BCUT2D eigenvalue weighted by Crippen LogP contribution is 2.30. The number of benzene rings is 2. The van der Waals surface area contributed by atoms with Gasteiger partial charge in [0.05, 0.1) is 11.4 Å². The summed E-state index contributed by atoms with van der Waals surface area (Å²) in [7, 11) is 0. The van der Waals surface area contributed by atoms with Gasteiger partial charge >= 0.3 is 0 Å². The van der Waals surface area contributed by atoms with Gasteiger partial charge < -0.3 is 19.9 Å². The second-order valence-corrected chi connectivity index (χ2v) is 6.79. The SMILES string of the molecule is CCN1CCN(c2ccc(Cl)cc2NC(=O)COc2ccccc2F)CC1. The number of halogens is 2. The van der Waals surface area contributed by atoms with Crippen LogP contribution >= 0.6 is 11.6 Å². The lowest BCUT2D eigenvalue weighted by molar-refractivity contribution is -0.118. The quantitative estimate of drug-likeness (QED) is 0.816. The van der Waals surface area contributed by atoms with Gasteiger partial charge in [-0.25, -0.2) is 4.39 Å². The molecule has 0 atom stereocenters. The van der Waals surface area contributed by atoms with Crippen LogP contribution in [0.1, 0.15) is 6.92 Å². The van der Waals surface area contributed by atoms with E-state index >= 15 is 0 Å². The highest BCUT2D eigenvalue weighted by molar-refractivity contribution is 6.31. The van der Waals surface area contributed by atoms with Gasteiger partial charge in [-0.2, -0.15) is 0 Å². The molecule has 27 heavy (non-hydrogen) atoms. The van der Waals surface area contributed by atoms with Crippen LogP contribution in [0.2, 0.25) is 5.02 Å². The van der Waals surface area contributed by atoms with Crippen molar-refractivity contribution in [3.05, 3.63) is 53.3 Å². The number of nitrogens with zero attached hydrogens (tertiary/aromatic N) is 2. The monoisotopic (exact) mass is 391 g/mol. The largest absolute Gasteiger partial charge is 0.481 e. The first-order valence-electron chi connectivity index (χ1n) is 9.01. The number of para-hydroxylation sites is 1. The number of anilines is 2. The fraction of sp³-hybridized carbons (Fsp3) is 0.350. The Morgan fingerprint density at radius 3 is 2.63 bits per heavy atom. The Balaban J connectivity index is 1.66. The maximum Gasteiger partial charge on any atom is 0.262 e. The lowest BCUT2D eigenvalue weighted by Gasteiger charge is -2.36. The maximum atomic E-state index is 13.6. The normalized spacial score (nSPS) is 14.9. The number of rotatable bonds is 6. The summed E-state index contributed by atoms with van der Waals surface area (Å²) in [4.78, 5) is 16.9. The van der Waals surface area contributed by atoms with Crippen molar-refractivity contribution in [2.45, 2.75) is 6.92 Å². The first-order valence-corrected chi connectivity index (χ1v) is 9.38. The van der Waals surface area contributed by atoms with Crippen LogP contribution in [0.3, 0.4) is 0 Å². The van der Waals surface area contributed by atoms with Crippen LogP contribution in [0.25, 0.3) is 0 Å². The third kappa shape index (κ3) is 5.11. The highest BCUT2D eigenvalue weighted by Gasteiger charge is 2.19. The predicted molar refractivity (Wildman–Crippen MR) is 106 cm³/mol. The minimum absolute atomic E-state index is 0.0506. The van der Waals surface area contributed by atoms with Crippen molar-refractivity contribution in [1.82, 2.24) is 4.90 Å². The van der Waals surface area contributed by atoms with Crippen molar-refractivity contribution in [3.8, 4) is 5.75 Å². The molecule has 1 heterocycles. The zero-order valence-electron chi connectivity index (χ0n) is 15.3. The number of nitrogens with one attached hydrogen (secondary N) is 1. The summed E-state index contributed by atoms with van der Waals surface area (Å²) < 4.78 is 18.9. The third-order valence-electron chi connectivity index (χ3n) is 4.59. The number of hydrogen-bond donors (Lipinski definition) is 1. The molecule has 1 N–H and O–H groups in total. The molecule has 1 fully saturated rings. The molecular weight excluding hydrogens is 369 g/mol. The van der Waals surface area contributed by atoms with E-state index in [-0.39, 0.29) is 18.3 Å². The Kier molecular flexibility index (Phi) is 6.53. The van der Waals surface area contributed by atoms with E-state index in [4.69, 9.17) is 16.3 Å². The van der Waals surface area contributed by atoms with Gasteiger partial charge in [0.2, 0.25) is 0 Å². The Morgan fingerprint density at radius 1 is 1.19 bits per heavy atom. The van der Waals surface area contributed by atoms with E-state index < -0.39 is 5.82 Å². The van der Waals surface area contributed by atoms with E-state index in [1.165, 1.54) is 12.1 Å². The Morgan fingerprint density at radius 2 is 1.93 bits per heavy atom. The molecule has 2 aromatic carbocycles. The molecule has 1 amide bonds. The Bertz CT molecular complexity index is 795. The van der Waals surface area contributed by atoms with Crippen molar-refractivity contribution >= 4 is 28.9 Å². The molecule has 0 bridgehead atoms. The van der Waals surface area contributed by atoms with Crippen LogP contribution in [0.15, 0.2) is 42.5 Å². The average Bonchev–Trinajstić information content (AvgIpc) is 2.68. The first kappa shape index (κ1) is 19.5.